The minimum Gasteiger partial charge on any atom is -0.504 e. The average Bonchev–Trinajstić information content (AvgIpc) is 2.31. The highest BCUT2D eigenvalue weighted by Gasteiger charge is 2.17. The molecule has 7 heteroatoms. The summed E-state index contributed by atoms with van der Waals surface area (Å²) in [6.07, 6.45) is -0.166. The van der Waals surface area contributed by atoms with Crippen LogP contribution in [-0.4, -0.2) is 17.3 Å². The maximum Gasteiger partial charge on any atom is 0.195 e. The Bertz CT molecular complexity index is 402. The van der Waals surface area contributed by atoms with Gasteiger partial charge in [0.05, 0.1) is 7.11 Å². The van der Waals surface area contributed by atoms with E-state index in [1.54, 1.807) is 18.2 Å². The van der Waals surface area contributed by atoms with Crippen LogP contribution in [0.15, 0.2) is 18.2 Å². The Labute approximate surface area is 97.9 Å². The first kappa shape index (κ1) is 10.9. The molecule has 1 aromatic carbocycles. The van der Waals surface area contributed by atoms with E-state index in [2.05, 4.69) is 21.7 Å². The van der Waals surface area contributed by atoms with Gasteiger partial charge < -0.3 is 9.84 Å². The number of aromatic hydroxyl groups is 1. The molecule has 86 valence electrons. The molecule has 1 aliphatic rings. The molecule has 0 atom stereocenters. The third-order valence-electron chi connectivity index (χ3n) is 2.20. The van der Waals surface area contributed by atoms with Crippen molar-refractivity contribution in [1.29, 1.82) is 0 Å². The van der Waals surface area contributed by atoms with Crippen molar-refractivity contribution < 1.29 is 9.84 Å². The summed E-state index contributed by atoms with van der Waals surface area (Å²) in [4.78, 5) is 0. The minimum absolute atomic E-state index is 0.110. The summed E-state index contributed by atoms with van der Waals surface area (Å²) in [5.74, 6) is 0.535. The highest BCUT2D eigenvalue weighted by molar-refractivity contribution is 7.80. The van der Waals surface area contributed by atoms with E-state index >= 15 is 0 Å². The van der Waals surface area contributed by atoms with Crippen LogP contribution in [0.2, 0.25) is 0 Å². The Morgan fingerprint density at radius 2 is 2.00 bits per heavy atom. The SMILES string of the molecule is COc1cc(C2NNC(=S)NN2)ccc1O. The molecule has 0 saturated carbocycles. The highest BCUT2D eigenvalue weighted by Crippen LogP contribution is 2.28. The van der Waals surface area contributed by atoms with Crippen LogP contribution < -0.4 is 26.4 Å². The van der Waals surface area contributed by atoms with Crippen LogP contribution in [-0.2, 0) is 0 Å². The molecule has 1 aromatic rings. The zero-order valence-corrected chi connectivity index (χ0v) is 9.39. The first-order chi connectivity index (χ1) is 7.70. The van der Waals surface area contributed by atoms with E-state index in [0.717, 1.165) is 5.56 Å². The molecule has 0 aromatic heterocycles. The van der Waals surface area contributed by atoms with Gasteiger partial charge in [0.2, 0.25) is 0 Å². The van der Waals surface area contributed by atoms with Gasteiger partial charge >= 0.3 is 0 Å². The molecule has 0 unspecified atom stereocenters. The number of ether oxygens (including phenoxy) is 1. The quantitative estimate of drug-likeness (QED) is 0.462. The van der Waals surface area contributed by atoms with Crippen LogP contribution in [0.5, 0.6) is 11.5 Å². The zero-order chi connectivity index (χ0) is 11.5. The van der Waals surface area contributed by atoms with E-state index in [9.17, 15) is 5.11 Å². The first-order valence-electron chi connectivity index (χ1n) is 4.64. The summed E-state index contributed by atoms with van der Waals surface area (Å²) in [7, 11) is 1.51. The summed E-state index contributed by atoms with van der Waals surface area (Å²) >= 11 is 4.87. The fourth-order valence-electron chi connectivity index (χ4n) is 1.38. The molecule has 0 spiro atoms. The van der Waals surface area contributed by atoms with Crippen molar-refractivity contribution in [2.75, 3.05) is 7.11 Å². The summed E-state index contributed by atoms with van der Waals surface area (Å²) in [6.45, 7) is 0. The van der Waals surface area contributed by atoms with Crippen molar-refractivity contribution in [1.82, 2.24) is 21.7 Å². The number of hydrogen-bond acceptors (Lipinski definition) is 5. The second-order valence-corrected chi connectivity index (χ2v) is 3.64. The lowest BCUT2D eigenvalue weighted by molar-refractivity contribution is 0.353. The van der Waals surface area contributed by atoms with Gasteiger partial charge in [-0.25, -0.2) is 10.9 Å². The predicted molar refractivity (Wildman–Crippen MR) is 62.5 cm³/mol. The smallest absolute Gasteiger partial charge is 0.195 e. The number of thiocarbonyl (C=S) groups is 1. The monoisotopic (exact) mass is 240 g/mol. The van der Waals surface area contributed by atoms with Crippen LogP contribution in [0.1, 0.15) is 11.7 Å². The summed E-state index contributed by atoms with van der Waals surface area (Å²) in [5, 5.41) is 9.93. The van der Waals surface area contributed by atoms with Gasteiger partial charge in [0.1, 0.15) is 6.17 Å². The van der Waals surface area contributed by atoms with Crippen molar-refractivity contribution in [3.8, 4) is 11.5 Å². The molecule has 5 N–H and O–H groups in total. The lowest BCUT2D eigenvalue weighted by Gasteiger charge is -2.28. The molecule has 0 amide bonds. The maximum atomic E-state index is 9.46. The number of nitrogens with one attached hydrogen (secondary N) is 4. The summed E-state index contributed by atoms with van der Waals surface area (Å²) < 4.78 is 5.03. The largest absolute Gasteiger partial charge is 0.504 e. The molecule has 2 rings (SSSR count). The van der Waals surface area contributed by atoms with Gasteiger partial charge in [-0.2, -0.15) is 0 Å². The molecule has 16 heavy (non-hydrogen) atoms. The third-order valence-corrected chi connectivity index (χ3v) is 2.40. The second-order valence-electron chi connectivity index (χ2n) is 3.23. The van der Waals surface area contributed by atoms with E-state index in [1.165, 1.54) is 7.11 Å². The standard InChI is InChI=1S/C9H12N4O2S/c1-15-7-4-5(2-3-6(7)14)8-10-12-9(16)13-11-8/h2-4,8,10-11,14H,1H3,(H2,12,13,16). The molecule has 1 aliphatic heterocycles. The number of rotatable bonds is 2. The van der Waals surface area contributed by atoms with Gasteiger partial charge in [-0.1, -0.05) is 6.07 Å². The number of hydrogen-bond donors (Lipinski definition) is 5. The Morgan fingerprint density at radius 1 is 1.31 bits per heavy atom. The second kappa shape index (κ2) is 4.52. The van der Waals surface area contributed by atoms with Gasteiger partial charge in [0.15, 0.2) is 16.6 Å². The molecule has 0 aliphatic carbocycles. The number of hydrazine groups is 2. The van der Waals surface area contributed by atoms with Gasteiger partial charge in [-0.05, 0) is 29.9 Å². The van der Waals surface area contributed by atoms with Crippen molar-refractivity contribution in [2.45, 2.75) is 6.17 Å². The molecule has 1 heterocycles. The van der Waals surface area contributed by atoms with Gasteiger partial charge in [0.25, 0.3) is 0 Å². The van der Waals surface area contributed by atoms with Crippen LogP contribution in [0, 0.1) is 0 Å². The topological polar surface area (TPSA) is 77.6 Å². The normalized spacial score (nSPS) is 16.4. The van der Waals surface area contributed by atoms with Gasteiger partial charge in [-0.3, -0.25) is 10.9 Å². The average molecular weight is 240 g/mol. The Hall–Kier alpha value is -1.57. The van der Waals surface area contributed by atoms with Crippen LogP contribution in [0.25, 0.3) is 0 Å². The van der Waals surface area contributed by atoms with Crippen molar-refractivity contribution >= 4 is 17.3 Å². The van der Waals surface area contributed by atoms with Crippen LogP contribution in [0.3, 0.4) is 0 Å². The zero-order valence-electron chi connectivity index (χ0n) is 8.57. The molecule has 1 fully saturated rings. The number of methoxy groups -OCH3 is 1. The van der Waals surface area contributed by atoms with Crippen molar-refractivity contribution in [3.05, 3.63) is 23.8 Å². The lowest BCUT2D eigenvalue weighted by Crippen LogP contribution is -2.61. The Morgan fingerprint density at radius 3 is 2.62 bits per heavy atom. The van der Waals surface area contributed by atoms with Gasteiger partial charge in [0, 0.05) is 0 Å². The number of phenols is 1. The van der Waals surface area contributed by atoms with Crippen LogP contribution in [0.4, 0.5) is 0 Å². The Kier molecular flexibility index (Phi) is 3.09. The maximum absolute atomic E-state index is 9.46. The predicted octanol–water partition coefficient (Wildman–Crippen LogP) is -0.114. The third kappa shape index (κ3) is 2.16. The molecule has 6 nitrogen and oxygen atoms in total. The van der Waals surface area contributed by atoms with E-state index in [1.807, 2.05) is 0 Å². The fraction of sp³-hybridized carbons (Fsp3) is 0.222. The molecule has 0 bridgehead atoms. The minimum atomic E-state index is -0.166. The van der Waals surface area contributed by atoms with Crippen molar-refractivity contribution in [3.63, 3.8) is 0 Å². The molecule has 0 radical (unpaired) electrons. The molecular weight excluding hydrogens is 228 g/mol. The summed E-state index contributed by atoms with van der Waals surface area (Å²) in [6, 6.07) is 5.09. The van der Waals surface area contributed by atoms with E-state index < -0.39 is 0 Å². The summed E-state index contributed by atoms with van der Waals surface area (Å²) in [5.41, 5.74) is 12.4. The van der Waals surface area contributed by atoms with E-state index in [0.29, 0.717) is 10.9 Å². The molecular formula is C9H12N4O2S. The number of phenolic OH excluding ortho intramolecular Hbond substituents is 1. The fourth-order valence-corrected chi connectivity index (χ4v) is 1.50. The van der Waals surface area contributed by atoms with Crippen molar-refractivity contribution in [2.24, 2.45) is 0 Å². The highest BCUT2D eigenvalue weighted by atomic mass is 32.1. The first-order valence-corrected chi connectivity index (χ1v) is 5.05. The lowest BCUT2D eigenvalue weighted by atomic mass is 10.1. The number of benzene rings is 1. The van der Waals surface area contributed by atoms with E-state index in [-0.39, 0.29) is 11.9 Å². The molecule has 1 saturated heterocycles. The van der Waals surface area contributed by atoms with E-state index in [4.69, 9.17) is 17.0 Å². The van der Waals surface area contributed by atoms with Crippen LogP contribution >= 0.6 is 12.2 Å². The van der Waals surface area contributed by atoms with Gasteiger partial charge in [-0.15, -0.1) is 0 Å². The Balaban J connectivity index is 2.17.